The van der Waals surface area contributed by atoms with E-state index in [-0.39, 0.29) is 18.3 Å². The van der Waals surface area contributed by atoms with Gasteiger partial charge in [0.2, 0.25) is 5.88 Å². The zero-order valence-electron chi connectivity index (χ0n) is 10.1. The van der Waals surface area contributed by atoms with Crippen LogP contribution in [0, 0.1) is 5.82 Å². The van der Waals surface area contributed by atoms with E-state index in [1.54, 1.807) is 22.9 Å². The number of nitrogens with zero attached hydrogens (tertiary/aromatic N) is 2. The van der Waals surface area contributed by atoms with E-state index < -0.39 is 0 Å². The number of ether oxygens (including phenoxy) is 1. The molecule has 2 heterocycles. The summed E-state index contributed by atoms with van der Waals surface area (Å²) in [6.07, 6.45) is 0. The molecule has 0 aliphatic carbocycles. The van der Waals surface area contributed by atoms with Crippen LogP contribution in [0.3, 0.4) is 0 Å². The van der Waals surface area contributed by atoms with E-state index in [0.717, 1.165) is 5.56 Å². The molecule has 0 fully saturated rings. The summed E-state index contributed by atoms with van der Waals surface area (Å²) in [6.45, 7) is 1.41. The molecule has 0 saturated carbocycles. The predicted octanol–water partition coefficient (Wildman–Crippen LogP) is 1.34. The molecule has 0 unspecified atom stereocenters. The number of fused-ring (bicyclic) bond motifs is 1. The third-order valence-electron chi connectivity index (χ3n) is 2.88. The highest BCUT2D eigenvalue weighted by atomic mass is 19.1. The number of carbonyl (C=O) groups is 1. The van der Waals surface area contributed by atoms with Gasteiger partial charge in [-0.05, 0) is 17.7 Å². The molecule has 0 spiro atoms. The second-order valence-electron chi connectivity index (χ2n) is 4.27. The molecule has 1 aromatic carbocycles. The van der Waals surface area contributed by atoms with E-state index in [0.29, 0.717) is 24.7 Å². The fourth-order valence-corrected chi connectivity index (χ4v) is 1.97. The molecular weight excluding hydrogens is 249 g/mol. The van der Waals surface area contributed by atoms with Gasteiger partial charge in [0.25, 0.3) is 5.91 Å². The van der Waals surface area contributed by atoms with Gasteiger partial charge in [0, 0.05) is 12.6 Å². The molecule has 1 aromatic heterocycles. The van der Waals surface area contributed by atoms with Crippen molar-refractivity contribution in [1.82, 2.24) is 15.1 Å². The summed E-state index contributed by atoms with van der Waals surface area (Å²) >= 11 is 0. The lowest BCUT2D eigenvalue weighted by molar-refractivity contribution is 0.0924. The van der Waals surface area contributed by atoms with Crippen LogP contribution in [-0.4, -0.2) is 22.2 Å². The number of carbonyl (C=O) groups excluding carboxylic acids is 1. The number of hydrogen-bond acceptors (Lipinski definition) is 3. The summed E-state index contributed by atoms with van der Waals surface area (Å²) in [7, 11) is 0. The maximum Gasteiger partial charge on any atom is 0.269 e. The van der Waals surface area contributed by atoms with Gasteiger partial charge >= 0.3 is 0 Å². The predicted molar refractivity (Wildman–Crippen MR) is 65.3 cm³/mol. The smallest absolute Gasteiger partial charge is 0.269 e. The van der Waals surface area contributed by atoms with Crippen molar-refractivity contribution in [2.75, 3.05) is 6.54 Å². The molecule has 1 aliphatic rings. The maximum atomic E-state index is 13.0. The van der Waals surface area contributed by atoms with E-state index in [4.69, 9.17) is 4.74 Å². The molecule has 0 radical (unpaired) electrons. The minimum atomic E-state index is -0.301. The van der Waals surface area contributed by atoms with Gasteiger partial charge in [-0.2, -0.15) is 0 Å². The first-order valence-corrected chi connectivity index (χ1v) is 5.96. The van der Waals surface area contributed by atoms with E-state index >= 15 is 0 Å². The minimum absolute atomic E-state index is 0.153. The lowest BCUT2D eigenvalue weighted by Crippen LogP contribution is -2.35. The Balaban J connectivity index is 1.72. The fourth-order valence-electron chi connectivity index (χ4n) is 1.97. The van der Waals surface area contributed by atoms with Crippen LogP contribution in [0.1, 0.15) is 16.1 Å². The van der Waals surface area contributed by atoms with Gasteiger partial charge in [-0.3, -0.25) is 9.48 Å². The molecule has 1 amide bonds. The number of nitrogens with one attached hydrogen (secondary N) is 1. The standard InChI is InChI=1S/C13H12FN3O2/c14-10-3-1-2-9(6-10)8-19-12-7-11-13(18)15-4-5-17(11)16-12/h1-3,6-7H,4-5,8H2,(H,15,18). The molecule has 1 N–H and O–H groups in total. The largest absolute Gasteiger partial charge is 0.472 e. The molecule has 98 valence electrons. The Morgan fingerprint density at radius 2 is 2.32 bits per heavy atom. The Morgan fingerprint density at radius 3 is 3.11 bits per heavy atom. The molecule has 1 aliphatic heterocycles. The highest BCUT2D eigenvalue weighted by molar-refractivity contribution is 5.93. The zero-order valence-corrected chi connectivity index (χ0v) is 10.1. The Kier molecular flexibility index (Phi) is 2.91. The average Bonchev–Trinajstić information content (AvgIpc) is 2.81. The van der Waals surface area contributed by atoms with Crippen molar-refractivity contribution in [3.63, 3.8) is 0 Å². The van der Waals surface area contributed by atoms with Gasteiger partial charge in [-0.15, -0.1) is 5.10 Å². The summed E-state index contributed by atoms with van der Waals surface area (Å²) < 4.78 is 20.1. The Morgan fingerprint density at radius 1 is 1.42 bits per heavy atom. The van der Waals surface area contributed by atoms with Crippen LogP contribution in [0.25, 0.3) is 0 Å². The van der Waals surface area contributed by atoms with E-state index in [1.807, 2.05) is 0 Å². The van der Waals surface area contributed by atoms with Crippen LogP contribution in [0.4, 0.5) is 4.39 Å². The summed E-state index contributed by atoms with van der Waals surface area (Å²) in [5, 5.41) is 6.91. The van der Waals surface area contributed by atoms with Crippen LogP contribution in [-0.2, 0) is 13.2 Å². The lowest BCUT2D eigenvalue weighted by atomic mass is 10.2. The van der Waals surface area contributed by atoms with Crippen molar-refractivity contribution in [2.24, 2.45) is 0 Å². The first-order valence-electron chi connectivity index (χ1n) is 5.96. The molecule has 19 heavy (non-hydrogen) atoms. The summed E-state index contributed by atoms with van der Waals surface area (Å²) in [5.41, 5.74) is 1.20. The summed E-state index contributed by atoms with van der Waals surface area (Å²) in [5.74, 6) is -0.0831. The molecule has 5 nitrogen and oxygen atoms in total. The lowest BCUT2D eigenvalue weighted by Gasteiger charge is -2.12. The molecule has 6 heteroatoms. The number of halogens is 1. The van der Waals surface area contributed by atoms with Crippen molar-refractivity contribution in [3.8, 4) is 5.88 Å². The van der Waals surface area contributed by atoms with Crippen LogP contribution >= 0.6 is 0 Å². The third-order valence-corrected chi connectivity index (χ3v) is 2.88. The van der Waals surface area contributed by atoms with E-state index in [1.165, 1.54) is 12.1 Å². The van der Waals surface area contributed by atoms with E-state index in [2.05, 4.69) is 10.4 Å². The Bertz CT molecular complexity index is 624. The third kappa shape index (κ3) is 2.42. The first-order chi connectivity index (χ1) is 9.22. The topological polar surface area (TPSA) is 56.2 Å². The van der Waals surface area contributed by atoms with Crippen molar-refractivity contribution >= 4 is 5.91 Å². The van der Waals surface area contributed by atoms with Crippen LogP contribution in [0.15, 0.2) is 30.3 Å². The molecule has 0 saturated heterocycles. The van der Waals surface area contributed by atoms with Crippen LogP contribution < -0.4 is 10.1 Å². The van der Waals surface area contributed by atoms with Gasteiger partial charge in [0.1, 0.15) is 18.1 Å². The Hall–Kier alpha value is -2.37. The van der Waals surface area contributed by atoms with Crippen LogP contribution in [0.5, 0.6) is 5.88 Å². The molecule has 0 atom stereocenters. The SMILES string of the molecule is O=C1NCCn2nc(OCc3cccc(F)c3)cc21. The first kappa shape index (κ1) is 11.7. The summed E-state index contributed by atoms with van der Waals surface area (Å²) in [6, 6.07) is 7.77. The van der Waals surface area contributed by atoms with Crippen LogP contribution in [0.2, 0.25) is 0 Å². The maximum absolute atomic E-state index is 13.0. The number of amides is 1. The number of hydrogen-bond donors (Lipinski definition) is 1. The highest BCUT2D eigenvalue weighted by Gasteiger charge is 2.19. The highest BCUT2D eigenvalue weighted by Crippen LogP contribution is 2.16. The van der Waals surface area contributed by atoms with Crippen molar-refractivity contribution in [2.45, 2.75) is 13.2 Å². The van der Waals surface area contributed by atoms with Crippen molar-refractivity contribution < 1.29 is 13.9 Å². The van der Waals surface area contributed by atoms with Gasteiger partial charge in [-0.1, -0.05) is 12.1 Å². The van der Waals surface area contributed by atoms with E-state index in [9.17, 15) is 9.18 Å². The molecule has 2 aromatic rings. The zero-order chi connectivity index (χ0) is 13.2. The quantitative estimate of drug-likeness (QED) is 0.907. The second-order valence-corrected chi connectivity index (χ2v) is 4.27. The fraction of sp³-hybridized carbons (Fsp3) is 0.231. The summed E-state index contributed by atoms with van der Waals surface area (Å²) in [4.78, 5) is 11.5. The normalized spacial score (nSPS) is 13.8. The van der Waals surface area contributed by atoms with Gasteiger partial charge in [0.15, 0.2) is 0 Å². The van der Waals surface area contributed by atoms with Gasteiger partial charge in [0.05, 0.1) is 6.54 Å². The number of benzene rings is 1. The number of rotatable bonds is 3. The van der Waals surface area contributed by atoms with Crippen molar-refractivity contribution in [3.05, 3.63) is 47.4 Å². The second kappa shape index (κ2) is 4.72. The minimum Gasteiger partial charge on any atom is -0.472 e. The Labute approximate surface area is 109 Å². The average molecular weight is 261 g/mol. The van der Waals surface area contributed by atoms with Crippen molar-refractivity contribution in [1.29, 1.82) is 0 Å². The number of aromatic nitrogens is 2. The monoisotopic (exact) mass is 261 g/mol. The van der Waals surface area contributed by atoms with Gasteiger partial charge in [-0.25, -0.2) is 4.39 Å². The molecular formula is C13H12FN3O2. The molecule has 3 rings (SSSR count). The van der Waals surface area contributed by atoms with Gasteiger partial charge < -0.3 is 10.1 Å². The molecule has 0 bridgehead atoms.